The third kappa shape index (κ3) is 4.48. The van der Waals surface area contributed by atoms with Crippen molar-refractivity contribution in [2.24, 2.45) is 0 Å². The van der Waals surface area contributed by atoms with Gasteiger partial charge in [0.05, 0.1) is 6.42 Å². The van der Waals surface area contributed by atoms with Crippen LogP contribution in [0.15, 0.2) is 0 Å². The van der Waals surface area contributed by atoms with Gasteiger partial charge in [-0.1, -0.05) is 0 Å². The summed E-state index contributed by atoms with van der Waals surface area (Å²) in [6.07, 6.45) is 0.887. The summed E-state index contributed by atoms with van der Waals surface area (Å²) >= 11 is 0. The van der Waals surface area contributed by atoms with Crippen LogP contribution >= 0.6 is 0 Å². The first kappa shape index (κ1) is 12.8. The third-order valence-corrected chi connectivity index (χ3v) is 2.48. The maximum atomic E-state index is 11.7. The van der Waals surface area contributed by atoms with Gasteiger partial charge in [-0.25, -0.2) is 4.79 Å². The van der Waals surface area contributed by atoms with Gasteiger partial charge in [0.1, 0.15) is 0 Å². The molecule has 0 aromatic rings. The lowest BCUT2D eigenvalue weighted by Crippen LogP contribution is -2.45. The van der Waals surface area contributed by atoms with E-state index in [0.29, 0.717) is 6.54 Å². The standard InChI is InChI=1S/C10H19N3O3/c1-8(7-9(14)15)12-10(16)13-5-2-3-11-4-6-13/h8,11H,2-7H2,1H3,(H,12,16)(H,14,15). The Balaban J connectivity index is 2.34. The molecular formula is C10H19N3O3. The third-order valence-electron chi connectivity index (χ3n) is 2.48. The predicted octanol–water partition coefficient (Wildman–Crippen LogP) is -0.145. The number of carboxylic acids is 1. The maximum Gasteiger partial charge on any atom is 0.317 e. The quantitative estimate of drug-likeness (QED) is 0.629. The van der Waals surface area contributed by atoms with E-state index in [2.05, 4.69) is 10.6 Å². The summed E-state index contributed by atoms with van der Waals surface area (Å²) in [5, 5.41) is 14.5. The lowest BCUT2D eigenvalue weighted by Gasteiger charge is -2.22. The van der Waals surface area contributed by atoms with Crippen LogP contribution in [0, 0.1) is 0 Å². The van der Waals surface area contributed by atoms with Crippen LogP contribution in [-0.2, 0) is 4.79 Å². The summed E-state index contributed by atoms with van der Waals surface area (Å²) in [5.74, 6) is -0.898. The van der Waals surface area contributed by atoms with Gasteiger partial charge in [0.15, 0.2) is 0 Å². The van der Waals surface area contributed by atoms with Crippen LogP contribution in [0.25, 0.3) is 0 Å². The van der Waals surface area contributed by atoms with E-state index in [1.807, 2.05) is 0 Å². The number of rotatable bonds is 3. The molecule has 1 unspecified atom stereocenters. The Morgan fingerprint density at radius 3 is 2.88 bits per heavy atom. The van der Waals surface area contributed by atoms with Crippen LogP contribution in [0.5, 0.6) is 0 Å². The molecule has 0 aromatic heterocycles. The average molecular weight is 229 g/mol. The van der Waals surface area contributed by atoms with Crippen molar-refractivity contribution >= 4 is 12.0 Å². The molecule has 1 atom stereocenters. The topological polar surface area (TPSA) is 81.7 Å². The number of nitrogens with one attached hydrogen (secondary N) is 2. The maximum absolute atomic E-state index is 11.7. The van der Waals surface area contributed by atoms with Gasteiger partial charge in [-0.05, 0) is 19.9 Å². The highest BCUT2D eigenvalue weighted by atomic mass is 16.4. The fraction of sp³-hybridized carbons (Fsp3) is 0.800. The molecule has 3 N–H and O–H groups in total. The van der Waals surface area contributed by atoms with Crippen molar-refractivity contribution in [3.05, 3.63) is 0 Å². The largest absolute Gasteiger partial charge is 0.481 e. The Bertz CT molecular complexity index is 250. The molecule has 1 saturated heterocycles. The smallest absolute Gasteiger partial charge is 0.317 e. The van der Waals surface area contributed by atoms with Crippen molar-refractivity contribution < 1.29 is 14.7 Å². The second-order valence-electron chi connectivity index (χ2n) is 4.04. The van der Waals surface area contributed by atoms with E-state index in [1.54, 1.807) is 11.8 Å². The second-order valence-corrected chi connectivity index (χ2v) is 4.04. The molecule has 0 saturated carbocycles. The number of carboxylic acid groups (broad SMARTS) is 1. The van der Waals surface area contributed by atoms with Crippen molar-refractivity contribution in [3.8, 4) is 0 Å². The van der Waals surface area contributed by atoms with Crippen molar-refractivity contribution in [1.29, 1.82) is 0 Å². The van der Waals surface area contributed by atoms with Gasteiger partial charge in [-0.2, -0.15) is 0 Å². The average Bonchev–Trinajstić information content (AvgIpc) is 2.43. The predicted molar refractivity (Wildman–Crippen MR) is 59.3 cm³/mol. The Hall–Kier alpha value is -1.30. The molecule has 0 aliphatic carbocycles. The van der Waals surface area contributed by atoms with Crippen LogP contribution in [0.3, 0.4) is 0 Å². The molecule has 0 aromatic carbocycles. The van der Waals surface area contributed by atoms with Crippen LogP contribution in [0.2, 0.25) is 0 Å². The molecule has 0 radical (unpaired) electrons. The van der Waals surface area contributed by atoms with Gasteiger partial charge in [0.2, 0.25) is 0 Å². The zero-order chi connectivity index (χ0) is 12.0. The molecule has 16 heavy (non-hydrogen) atoms. The second kappa shape index (κ2) is 6.32. The van der Waals surface area contributed by atoms with Gasteiger partial charge in [-0.15, -0.1) is 0 Å². The lowest BCUT2D eigenvalue weighted by molar-refractivity contribution is -0.137. The number of urea groups is 1. The number of hydrogen-bond donors (Lipinski definition) is 3. The molecule has 6 nitrogen and oxygen atoms in total. The Morgan fingerprint density at radius 2 is 2.19 bits per heavy atom. The summed E-state index contributed by atoms with van der Waals surface area (Å²) < 4.78 is 0. The van der Waals surface area contributed by atoms with Gasteiger partial charge in [0, 0.05) is 25.7 Å². The summed E-state index contributed by atoms with van der Waals surface area (Å²) in [6.45, 7) is 4.81. The molecule has 1 heterocycles. The lowest BCUT2D eigenvalue weighted by atomic mass is 10.2. The fourth-order valence-corrected chi connectivity index (χ4v) is 1.66. The molecular weight excluding hydrogens is 210 g/mol. The van der Waals surface area contributed by atoms with Crippen LogP contribution in [-0.4, -0.2) is 54.2 Å². The number of carbonyl (C=O) groups is 2. The van der Waals surface area contributed by atoms with Gasteiger partial charge in [0.25, 0.3) is 0 Å². The minimum absolute atomic E-state index is 0.0438. The highest BCUT2D eigenvalue weighted by molar-refractivity contribution is 5.75. The van der Waals surface area contributed by atoms with E-state index in [0.717, 1.165) is 26.1 Å². The summed E-state index contributed by atoms with van der Waals surface area (Å²) in [5.41, 5.74) is 0. The summed E-state index contributed by atoms with van der Waals surface area (Å²) in [6, 6.07) is -0.501. The number of hydrogen-bond acceptors (Lipinski definition) is 3. The first-order chi connectivity index (χ1) is 7.59. The Kier molecular flexibility index (Phi) is 5.04. The van der Waals surface area contributed by atoms with Crippen molar-refractivity contribution in [2.75, 3.05) is 26.2 Å². The van der Waals surface area contributed by atoms with E-state index in [-0.39, 0.29) is 18.5 Å². The number of amides is 2. The van der Waals surface area contributed by atoms with Crippen LogP contribution < -0.4 is 10.6 Å². The van der Waals surface area contributed by atoms with Crippen molar-refractivity contribution in [2.45, 2.75) is 25.8 Å². The zero-order valence-corrected chi connectivity index (χ0v) is 9.53. The minimum atomic E-state index is -0.898. The molecule has 1 rings (SSSR count). The Labute approximate surface area is 95.0 Å². The molecule has 6 heteroatoms. The first-order valence-electron chi connectivity index (χ1n) is 5.57. The molecule has 1 fully saturated rings. The summed E-state index contributed by atoms with van der Waals surface area (Å²) in [7, 11) is 0. The van der Waals surface area contributed by atoms with Crippen molar-refractivity contribution in [3.63, 3.8) is 0 Å². The highest BCUT2D eigenvalue weighted by Gasteiger charge is 2.17. The molecule has 92 valence electrons. The van der Waals surface area contributed by atoms with Gasteiger partial charge < -0.3 is 20.6 Å². The van der Waals surface area contributed by atoms with Gasteiger partial charge in [-0.3, -0.25) is 4.79 Å². The molecule has 2 amide bonds. The SMILES string of the molecule is CC(CC(=O)O)NC(=O)N1CCCNCC1. The molecule has 1 aliphatic heterocycles. The monoisotopic (exact) mass is 229 g/mol. The molecule has 0 spiro atoms. The van der Waals surface area contributed by atoms with E-state index < -0.39 is 5.97 Å². The van der Waals surface area contributed by atoms with E-state index in [1.165, 1.54) is 0 Å². The van der Waals surface area contributed by atoms with E-state index >= 15 is 0 Å². The van der Waals surface area contributed by atoms with E-state index in [9.17, 15) is 9.59 Å². The van der Waals surface area contributed by atoms with E-state index in [4.69, 9.17) is 5.11 Å². The Morgan fingerprint density at radius 1 is 1.44 bits per heavy atom. The van der Waals surface area contributed by atoms with Crippen molar-refractivity contribution in [1.82, 2.24) is 15.5 Å². The number of carbonyl (C=O) groups excluding carboxylic acids is 1. The molecule has 0 bridgehead atoms. The van der Waals surface area contributed by atoms with Gasteiger partial charge >= 0.3 is 12.0 Å². The highest BCUT2D eigenvalue weighted by Crippen LogP contribution is 1.98. The van der Waals surface area contributed by atoms with Crippen LogP contribution in [0.4, 0.5) is 4.79 Å². The molecule has 1 aliphatic rings. The normalized spacial score (nSPS) is 18.7. The number of aliphatic carboxylic acids is 1. The zero-order valence-electron chi connectivity index (χ0n) is 9.53. The first-order valence-corrected chi connectivity index (χ1v) is 5.57. The number of nitrogens with zero attached hydrogens (tertiary/aromatic N) is 1. The van der Waals surface area contributed by atoms with Crippen LogP contribution in [0.1, 0.15) is 19.8 Å². The fourth-order valence-electron chi connectivity index (χ4n) is 1.66. The summed E-state index contributed by atoms with van der Waals surface area (Å²) in [4.78, 5) is 23.9. The minimum Gasteiger partial charge on any atom is -0.481 e.